The Morgan fingerprint density at radius 3 is 1.62 bits per heavy atom. The van der Waals surface area contributed by atoms with Gasteiger partial charge in [-0.15, -0.1) is 0 Å². The van der Waals surface area contributed by atoms with Gasteiger partial charge in [-0.1, -0.05) is 39.5 Å². The van der Waals surface area contributed by atoms with Crippen molar-refractivity contribution in [3.05, 3.63) is 0 Å². The van der Waals surface area contributed by atoms with Gasteiger partial charge in [-0.2, -0.15) is 0 Å². The molecule has 0 heterocycles. The van der Waals surface area contributed by atoms with Crippen molar-refractivity contribution in [2.75, 3.05) is 11.5 Å². The average molecular weight is 254 g/mol. The second kappa shape index (κ2) is 10.2. The van der Waals surface area contributed by atoms with Crippen molar-refractivity contribution in [1.29, 1.82) is 0 Å². The molecule has 0 saturated heterocycles. The van der Waals surface area contributed by atoms with Gasteiger partial charge >= 0.3 is 0 Å². The van der Waals surface area contributed by atoms with Crippen LogP contribution in [0.5, 0.6) is 0 Å². The van der Waals surface area contributed by atoms with E-state index in [2.05, 4.69) is 0 Å². The van der Waals surface area contributed by atoms with Gasteiger partial charge in [-0.05, 0) is 12.8 Å². The molecular formula is C12H24F2OS. The van der Waals surface area contributed by atoms with Gasteiger partial charge < -0.3 is 0 Å². The summed E-state index contributed by atoms with van der Waals surface area (Å²) in [6.45, 7) is 3.98. The third kappa shape index (κ3) is 9.25. The van der Waals surface area contributed by atoms with Crippen LogP contribution in [0.4, 0.5) is 8.78 Å². The highest BCUT2D eigenvalue weighted by molar-refractivity contribution is 7.85. The first-order valence-corrected chi connectivity index (χ1v) is 7.72. The minimum absolute atomic E-state index is 0.00649. The Morgan fingerprint density at radius 2 is 1.31 bits per heavy atom. The predicted octanol–water partition coefficient (Wildman–Crippen LogP) is 3.79. The zero-order chi connectivity index (χ0) is 12.4. The van der Waals surface area contributed by atoms with Crippen LogP contribution in [0.15, 0.2) is 0 Å². The summed E-state index contributed by atoms with van der Waals surface area (Å²) in [4.78, 5) is 0. The zero-order valence-corrected chi connectivity index (χ0v) is 11.2. The number of halogens is 2. The summed E-state index contributed by atoms with van der Waals surface area (Å²) in [6, 6.07) is 0. The van der Waals surface area contributed by atoms with Gasteiger partial charge in [0.15, 0.2) is 0 Å². The number of rotatable bonds is 10. The van der Waals surface area contributed by atoms with Crippen LogP contribution in [0, 0.1) is 0 Å². The maximum Gasteiger partial charge on any atom is 0.112 e. The number of hydrogen-bond acceptors (Lipinski definition) is 1. The van der Waals surface area contributed by atoms with Crippen LogP contribution < -0.4 is 0 Å². The van der Waals surface area contributed by atoms with Crippen molar-refractivity contribution in [2.45, 2.75) is 64.7 Å². The molecule has 4 heteroatoms. The Morgan fingerprint density at radius 1 is 0.938 bits per heavy atom. The van der Waals surface area contributed by atoms with Crippen LogP contribution in [0.3, 0.4) is 0 Å². The van der Waals surface area contributed by atoms with Gasteiger partial charge in [0.1, 0.15) is 12.3 Å². The van der Waals surface area contributed by atoms with Gasteiger partial charge in [0.05, 0.1) is 11.5 Å². The zero-order valence-electron chi connectivity index (χ0n) is 10.4. The quantitative estimate of drug-likeness (QED) is 0.579. The Kier molecular flexibility index (Phi) is 10.2. The van der Waals surface area contributed by atoms with Crippen molar-refractivity contribution in [1.82, 2.24) is 0 Å². The summed E-state index contributed by atoms with van der Waals surface area (Å²) < 4.78 is 37.9. The number of alkyl halides is 2. The molecule has 0 spiro atoms. The largest absolute Gasteiger partial charge is 0.259 e. The van der Waals surface area contributed by atoms with E-state index >= 15 is 0 Å². The summed E-state index contributed by atoms with van der Waals surface area (Å²) in [5, 5.41) is 0. The SMILES string of the molecule is CCCCC(F)CS(=O)CC(F)CCCC. The number of hydrogen-bond donors (Lipinski definition) is 0. The van der Waals surface area contributed by atoms with Crippen molar-refractivity contribution in [3.63, 3.8) is 0 Å². The number of unbranched alkanes of at least 4 members (excludes halogenated alkanes) is 2. The Labute approximate surface area is 100 Å². The highest BCUT2D eigenvalue weighted by Crippen LogP contribution is 2.10. The van der Waals surface area contributed by atoms with E-state index < -0.39 is 23.1 Å². The van der Waals surface area contributed by atoms with Crippen LogP contribution in [0.2, 0.25) is 0 Å². The Balaban J connectivity index is 3.63. The highest BCUT2D eigenvalue weighted by atomic mass is 32.2. The summed E-state index contributed by atoms with van der Waals surface area (Å²) in [5.41, 5.74) is 0. The fraction of sp³-hybridized carbons (Fsp3) is 1.00. The van der Waals surface area contributed by atoms with E-state index in [1.165, 1.54) is 0 Å². The molecule has 0 aromatic rings. The van der Waals surface area contributed by atoms with Crippen LogP contribution >= 0.6 is 0 Å². The lowest BCUT2D eigenvalue weighted by atomic mass is 10.2. The molecule has 0 aliphatic rings. The van der Waals surface area contributed by atoms with Crippen LogP contribution in [-0.4, -0.2) is 28.1 Å². The van der Waals surface area contributed by atoms with Gasteiger partial charge in [-0.25, -0.2) is 8.78 Å². The second-order valence-corrected chi connectivity index (χ2v) is 5.80. The van der Waals surface area contributed by atoms with E-state index in [1.807, 2.05) is 13.8 Å². The lowest BCUT2D eigenvalue weighted by Crippen LogP contribution is -2.19. The third-order valence-corrected chi connectivity index (χ3v) is 3.94. The smallest absolute Gasteiger partial charge is 0.112 e. The normalized spacial score (nSPS) is 17.0. The molecule has 0 N–H and O–H groups in total. The lowest BCUT2D eigenvalue weighted by molar-refractivity contribution is 0.328. The summed E-state index contributed by atoms with van der Waals surface area (Å²) in [7, 11) is -1.34. The van der Waals surface area contributed by atoms with E-state index in [9.17, 15) is 13.0 Å². The minimum Gasteiger partial charge on any atom is -0.259 e. The maximum absolute atomic E-state index is 13.2. The van der Waals surface area contributed by atoms with Gasteiger partial charge in [0, 0.05) is 10.8 Å². The first kappa shape index (κ1) is 16.0. The summed E-state index contributed by atoms with van der Waals surface area (Å²) in [5.74, 6) is 0.0130. The standard InChI is InChI=1S/C12H24F2OS/c1-3-5-7-11(13)9-16(15)10-12(14)8-6-4-2/h11-12H,3-10H2,1-2H3. The van der Waals surface area contributed by atoms with Crippen molar-refractivity contribution < 1.29 is 13.0 Å². The molecule has 98 valence electrons. The van der Waals surface area contributed by atoms with E-state index in [-0.39, 0.29) is 11.5 Å². The fourth-order valence-corrected chi connectivity index (χ4v) is 2.77. The van der Waals surface area contributed by atoms with Crippen molar-refractivity contribution in [3.8, 4) is 0 Å². The lowest BCUT2D eigenvalue weighted by Gasteiger charge is -2.10. The molecule has 0 saturated carbocycles. The molecule has 0 aliphatic carbocycles. The summed E-state index contributed by atoms with van der Waals surface area (Å²) in [6.07, 6.45) is 2.35. The van der Waals surface area contributed by atoms with E-state index in [0.717, 1.165) is 25.7 Å². The second-order valence-electron chi connectivity index (χ2n) is 4.25. The molecule has 0 amide bonds. The topological polar surface area (TPSA) is 17.1 Å². The molecule has 0 fully saturated rings. The molecule has 0 bridgehead atoms. The predicted molar refractivity (Wildman–Crippen MR) is 66.7 cm³/mol. The molecule has 16 heavy (non-hydrogen) atoms. The first-order chi connectivity index (χ1) is 7.60. The molecule has 2 unspecified atom stereocenters. The van der Waals surface area contributed by atoms with Gasteiger partial charge in [0.25, 0.3) is 0 Å². The molecule has 1 nitrogen and oxygen atoms in total. The Hall–Kier alpha value is 0.01000. The molecule has 0 aliphatic heterocycles. The first-order valence-electron chi connectivity index (χ1n) is 6.23. The molecular weight excluding hydrogens is 230 g/mol. The van der Waals surface area contributed by atoms with Crippen LogP contribution in [0.1, 0.15) is 52.4 Å². The van der Waals surface area contributed by atoms with Crippen LogP contribution in [0.25, 0.3) is 0 Å². The van der Waals surface area contributed by atoms with Gasteiger partial charge in [0.2, 0.25) is 0 Å². The van der Waals surface area contributed by atoms with Crippen LogP contribution in [-0.2, 0) is 10.8 Å². The summed E-state index contributed by atoms with van der Waals surface area (Å²) >= 11 is 0. The molecule has 0 rings (SSSR count). The Bertz CT molecular complexity index is 170. The van der Waals surface area contributed by atoms with E-state index in [0.29, 0.717) is 12.8 Å². The average Bonchev–Trinajstić information content (AvgIpc) is 2.23. The van der Waals surface area contributed by atoms with E-state index in [1.54, 1.807) is 0 Å². The molecule has 0 radical (unpaired) electrons. The van der Waals surface area contributed by atoms with Crippen molar-refractivity contribution >= 4 is 10.8 Å². The molecule has 2 atom stereocenters. The third-order valence-electron chi connectivity index (χ3n) is 2.48. The highest BCUT2D eigenvalue weighted by Gasteiger charge is 2.15. The van der Waals surface area contributed by atoms with E-state index in [4.69, 9.17) is 0 Å². The minimum atomic E-state index is -1.34. The van der Waals surface area contributed by atoms with Crippen molar-refractivity contribution in [2.24, 2.45) is 0 Å². The molecule has 0 aromatic heterocycles. The molecule has 0 aromatic carbocycles. The van der Waals surface area contributed by atoms with Gasteiger partial charge in [-0.3, -0.25) is 4.21 Å². The monoisotopic (exact) mass is 254 g/mol. The maximum atomic E-state index is 13.2. The fourth-order valence-electron chi connectivity index (χ4n) is 1.49.